The van der Waals surface area contributed by atoms with Gasteiger partial charge in [0.25, 0.3) is 5.91 Å². The molecule has 6 nitrogen and oxygen atoms in total. The van der Waals surface area contributed by atoms with Crippen LogP contribution >= 0.6 is 11.6 Å². The Morgan fingerprint density at radius 2 is 1.81 bits per heavy atom. The van der Waals surface area contributed by atoms with Gasteiger partial charge >= 0.3 is 0 Å². The Labute approximate surface area is 193 Å². The molecule has 0 bridgehead atoms. The van der Waals surface area contributed by atoms with Gasteiger partial charge in [0.05, 0.1) is 7.11 Å². The molecule has 2 aromatic carbocycles. The number of nitrogens with zero attached hydrogens (tertiary/aromatic N) is 3. The molecule has 0 atom stereocenters. The van der Waals surface area contributed by atoms with Crippen LogP contribution in [-0.4, -0.2) is 54.0 Å². The number of hydrogen-bond donors (Lipinski definition) is 0. The number of pyridine rings is 1. The van der Waals surface area contributed by atoms with Crippen molar-refractivity contribution in [3.8, 4) is 11.6 Å². The molecule has 1 aliphatic rings. The first-order valence-electron chi connectivity index (χ1n) is 10.6. The molecule has 0 N–H and O–H groups in total. The van der Waals surface area contributed by atoms with Crippen molar-refractivity contribution in [1.82, 2.24) is 14.8 Å². The van der Waals surface area contributed by atoms with Gasteiger partial charge in [0.2, 0.25) is 5.88 Å². The number of methoxy groups -OCH3 is 1. The maximum absolute atomic E-state index is 13.0. The number of aromatic nitrogens is 1. The van der Waals surface area contributed by atoms with E-state index in [4.69, 9.17) is 21.1 Å². The molecule has 32 heavy (non-hydrogen) atoms. The second kappa shape index (κ2) is 10.5. The van der Waals surface area contributed by atoms with E-state index in [0.29, 0.717) is 36.2 Å². The quantitative estimate of drug-likeness (QED) is 0.536. The fraction of sp³-hybridized carbons (Fsp3) is 0.280. The standard InChI is InChI=1S/C25H26ClN3O3/c1-31-23-8-7-22(26)15-21(23)17-28-11-13-29(14-12-28)25(30)20-9-10-27-24(16-20)32-18-19-5-3-2-4-6-19/h2-10,15-16H,11-14,17-18H2,1H3. The van der Waals surface area contributed by atoms with Crippen LogP contribution in [0, 0.1) is 0 Å². The van der Waals surface area contributed by atoms with E-state index >= 15 is 0 Å². The van der Waals surface area contributed by atoms with Crippen LogP contribution in [0.15, 0.2) is 66.9 Å². The molecule has 1 aromatic heterocycles. The van der Waals surface area contributed by atoms with Gasteiger partial charge in [-0.3, -0.25) is 9.69 Å². The van der Waals surface area contributed by atoms with Crippen molar-refractivity contribution in [2.75, 3.05) is 33.3 Å². The maximum Gasteiger partial charge on any atom is 0.254 e. The highest BCUT2D eigenvalue weighted by atomic mass is 35.5. The fourth-order valence-electron chi connectivity index (χ4n) is 3.76. The van der Waals surface area contributed by atoms with Gasteiger partial charge in [-0.15, -0.1) is 0 Å². The van der Waals surface area contributed by atoms with Gasteiger partial charge in [-0.1, -0.05) is 41.9 Å². The van der Waals surface area contributed by atoms with Crippen molar-refractivity contribution in [1.29, 1.82) is 0 Å². The minimum atomic E-state index is -0.00283. The first-order valence-corrected chi connectivity index (χ1v) is 11.0. The molecule has 1 saturated heterocycles. The van der Waals surface area contributed by atoms with Crippen molar-refractivity contribution >= 4 is 17.5 Å². The first-order chi connectivity index (χ1) is 15.6. The van der Waals surface area contributed by atoms with Crippen molar-refractivity contribution in [3.05, 3.63) is 88.6 Å². The molecule has 0 aliphatic carbocycles. The Bertz CT molecular complexity index is 1050. The van der Waals surface area contributed by atoms with Crippen molar-refractivity contribution in [2.24, 2.45) is 0 Å². The van der Waals surface area contributed by atoms with Crippen LogP contribution < -0.4 is 9.47 Å². The van der Waals surface area contributed by atoms with Crippen LogP contribution in [0.4, 0.5) is 0 Å². The summed E-state index contributed by atoms with van der Waals surface area (Å²) in [4.78, 5) is 21.4. The van der Waals surface area contributed by atoms with Gasteiger partial charge in [-0.25, -0.2) is 4.98 Å². The molecule has 7 heteroatoms. The zero-order chi connectivity index (χ0) is 22.3. The van der Waals surface area contributed by atoms with E-state index in [1.807, 2.05) is 53.4 Å². The van der Waals surface area contributed by atoms with Crippen LogP contribution in [0.3, 0.4) is 0 Å². The Morgan fingerprint density at radius 1 is 1.03 bits per heavy atom. The van der Waals surface area contributed by atoms with Crippen LogP contribution in [0.1, 0.15) is 21.5 Å². The number of piperazine rings is 1. The van der Waals surface area contributed by atoms with E-state index < -0.39 is 0 Å². The minimum absolute atomic E-state index is 0.00283. The zero-order valence-corrected chi connectivity index (χ0v) is 18.8. The van der Waals surface area contributed by atoms with Gasteiger partial charge in [0, 0.05) is 61.1 Å². The smallest absolute Gasteiger partial charge is 0.254 e. The summed E-state index contributed by atoms with van der Waals surface area (Å²) in [5.74, 6) is 1.27. The summed E-state index contributed by atoms with van der Waals surface area (Å²) in [6, 6.07) is 19.0. The Kier molecular flexibility index (Phi) is 7.24. The zero-order valence-electron chi connectivity index (χ0n) is 18.0. The molecule has 166 valence electrons. The molecule has 0 radical (unpaired) electrons. The largest absolute Gasteiger partial charge is 0.496 e. The number of rotatable bonds is 7. The number of carbonyl (C=O) groups excluding carboxylic acids is 1. The average molecular weight is 452 g/mol. The molecule has 4 rings (SSSR count). The number of ether oxygens (including phenoxy) is 2. The molecule has 2 heterocycles. The predicted octanol–water partition coefficient (Wildman–Crippen LogP) is 4.28. The van der Waals surface area contributed by atoms with Gasteiger partial charge in [-0.05, 0) is 29.8 Å². The van der Waals surface area contributed by atoms with E-state index in [1.165, 1.54) is 0 Å². The number of carbonyl (C=O) groups is 1. The summed E-state index contributed by atoms with van der Waals surface area (Å²) in [6.07, 6.45) is 1.62. The van der Waals surface area contributed by atoms with Crippen molar-refractivity contribution in [2.45, 2.75) is 13.2 Å². The molecule has 1 fully saturated rings. The van der Waals surface area contributed by atoms with E-state index in [9.17, 15) is 4.79 Å². The number of amides is 1. The summed E-state index contributed by atoms with van der Waals surface area (Å²) < 4.78 is 11.2. The van der Waals surface area contributed by atoms with Crippen LogP contribution in [0.25, 0.3) is 0 Å². The maximum atomic E-state index is 13.0. The summed E-state index contributed by atoms with van der Waals surface area (Å²) in [5, 5.41) is 0.692. The lowest BCUT2D eigenvalue weighted by Crippen LogP contribution is -2.48. The minimum Gasteiger partial charge on any atom is -0.496 e. The Morgan fingerprint density at radius 3 is 2.56 bits per heavy atom. The molecule has 1 amide bonds. The molecule has 0 unspecified atom stereocenters. The van der Waals surface area contributed by atoms with E-state index in [1.54, 1.807) is 25.4 Å². The number of benzene rings is 2. The second-order valence-electron chi connectivity index (χ2n) is 7.68. The normalized spacial score (nSPS) is 14.2. The van der Waals surface area contributed by atoms with Gasteiger partial charge in [0.15, 0.2) is 0 Å². The lowest BCUT2D eigenvalue weighted by Gasteiger charge is -2.35. The van der Waals surface area contributed by atoms with Gasteiger partial charge < -0.3 is 14.4 Å². The van der Waals surface area contributed by atoms with E-state index in [-0.39, 0.29) is 5.91 Å². The third-order valence-electron chi connectivity index (χ3n) is 5.51. The Hall–Kier alpha value is -3.09. The van der Waals surface area contributed by atoms with Gasteiger partial charge in [0.1, 0.15) is 12.4 Å². The molecule has 1 aliphatic heterocycles. The third-order valence-corrected chi connectivity index (χ3v) is 5.74. The number of halogens is 1. The molecular formula is C25H26ClN3O3. The Balaban J connectivity index is 1.33. The highest BCUT2D eigenvalue weighted by Crippen LogP contribution is 2.24. The van der Waals surface area contributed by atoms with Crippen molar-refractivity contribution in [3.63, 3.8) is 0 Å². The van der Waals surface area contributed by atoms with Gasteiger partial charge in [-0.2, -0.15) is 0 Å². The molecule has 3 aromatic rings. The molecular weight excluding hydrogens is 426 g/mol. The highest BCUT2D eigenvalue weighted by Gasteiger charge is 2.23. The summed E-state index contributed by atoms with van der Waals surface area (Å²) in [5.41, 5.74) is 2.70. The predicted molar refractivity (Wildman–Crippen MR) is 124 cm³/mol. The summed E-state index contributed by atoms with van der Waals surface area (Å²) in [6.45, 7) is 4.03. The summed E-state index contributed by atoms with van der Waals surface area (Å²) in [7, 11) is 1.66. The average Bonchev–Trinajstić information content (AvgIpc) is 2.84. The van der Waals surface area contributed by atoms with Crippen LogP contribution in [-0.2, 0) is 13.2 Å². The molecule has 0 spiro atoms. The lowest BCUT2D eigenvalue weighted by molar-refractivity contribution is 0.0626. The second-order valence-corrected chi connectivity index (χ2v) is 8.12. The van der Waals surface area contributed by atoms with Crippen LogP contribution in [0.2, 0.25) is 5.02 Å². The highest BCUT2D eigenvalue weighted by molar-refractivity contribution is 6.30. The van der Waals surface area contributed by atoms with Crippen molar-refractivity contribution < 1.29 is 14.3 Å². The van der Waals surface area contributed by atoms with E-state index in [2.05, 4.69) is 9.88 Å². The SMILES string of the molecule is COc1ccc(Cl)cc1CN1CCN(C(=O)c2ccnc(OCc3ccccc3)c2)CC1. The topological polar surface area (TPSA) is 54.9 Å². The summed E-state index contributed by atoms with van der Waals surface area (Å²) >= 11 is 6.15. The first kappa shape index (κ1) is 22.1. The van der Waals surface area contributed by atoms with E-state index in [0.717, 1.165) is 36.5 Å². The van der Waals surface area contributed by atoms with Crippen LogP contribution in [0.5, 0.6) is 11.6 Å². The lowest BCUT2D eigenvalue weighted by atomic mass is 10.1. The number of hydrogen-bond acceptors (Lipinski definition) is 5. The fourth-order valence-corrected chi connectivity index (χ4v) is 3.95. The monoisotopic (exact) mass is 451 g/mol. The molecule has 0 saturated carbocycles. The third kappa shape index (κ3) is 5.58.